The lowest BCUT2D eigenvalue weighted by Crippen LogP contribution is -2.14. The molecule has 21 heavy (non-hydrogen) atoms. The van der Waals surface area contributed by atoms with Crippen molar-refractivity contribution < 1.29 is 4.74 Å². The van der Waals surface area contributed by atoms with Crippen molar-refractivity contribution in [1.29, 1.82) is 5.26 Å². The summed E-state index contributed by atoms with van der Waals surface area (Å²) in [6.45, 7) is 3.71. The predicted molar refractivity (Wildman–Crippen MR) is 75.9 cm³/mol. The monoisotopic (exact) mass is 303 g/mol. The van der Waals surface area contributed by atoms with Gasteiger partial charge in [0, 0.05) is 18.4 Å². The zero-order valence-corrected chi connectivity index (χ0v) is 12.6. The highest BCUT2D eigenvalue weighted by Crippen LogP contribution is 2.28. The minimum absolute atomic E-state index is 0.289. The Morgan fingerprint density at radius 3 is 2.81 bits per heavy atom. The number of hydrogen-bond acceptors (Lipinski definition) is 7. The Bertz CT molecular complexity index is 766. The fraction of sp³-hybridized carbons (Fsp3) is 0.308. The molecule has 2 aromatic heterocycles. The van der Waals surface area contributed by atoms with E-state index >= 15 is 0 Å². The fourth-order valence-electron chi connectivity index (χ4n) is 1.69. The van der Waals surface area contributed by atoms with Crippen molar-refractivity contribution in [2.45, 2.75) is 30.6 Å². The fourth-order valence-corrected chi connectivity index (χ4v) is 2.57. The normalized spacial score (nSPS) is 10.4. The second kappa shape index (κ2) is 6.47. The molecule has 108 valence electrons. The summed E-state index contributed by atoms with van der Waals surface area (Å²) in [4.78, 5) is 18.5. The van der Waals surface area contributed by atoms with Crippen LogP contribution in [0.2, 0.25) is 0 Å². The molecule has 0 atom stereocenters. The van der Waals surface area contributed by atoms with E-state index in [9.17, 15) is 10.1 Å². The van der Waals surface area contributed by atoms with Gasteiger partial charge in [0.25, 0.3) is 5.56 Å². The molecule has 0 saturated heterocycles. The van der Waals surface area contributed by atoms with Crippen LogP contribution in [0, 0.1) is 25.2 Å². The molecule has 1 N–H and O–H groups in total. The van der Waals surface area contributed by atoms with Gasteiger partial charge in [-0.1, -0.05) is 0 Å². The van der Waals surface area contributed by atoms with Crippen LogP contribution in [0.4, 0.5) is 0 Å². The minimum Gasteiger partial charge on any atom is -0.380 e. The molecule has 0 amide bonds. The van der Waals surface area contributed by atoms with Crippen LogP contribution in [0.5, 0.6) is 0 Å². The summed E-state index contributed by atoms with van der Waals surface area (Å²) in [5, 5.41) is 17.7. The molecule has 0 radical (unpaired) electrons. The van der Waals surface area contributed by atoms with Crippen molar-refractivity contribution >= 4 is 11.8 Å². The summed E-state index contributed by atoms with van der Waals surface area (Å²) in [5.41, 5.74) is 1.90. The lowest BCUT2D eigenvalue weighted by atomic mass is 10.1. The standard InChI is InChI=1S/C13H13N5O2S/c1-7-4-9(6-20-3)10(5-14)12(15-7)21-13-16-11(19)8(2)17-18-13/h4H,6H2,1-3H3,(H,16,18,19). The maximum Gasteiger partial charge on any atom is 0.273 e. The van der Waals surface area contributed by atoms with Crippen molar-refractivity contribution in [3.63, 3.8) is 0 Å². The van der Waals surface area contributed by atoms with Gasteiger partial charge < -0.3 is 4.74 Å². The molecule has 2 heterocycles. The van der Waals surface area contributed by atoms with Gasteiger partial charge in [-0.25, -0.2) is 4.98 Å². The predicted octanol–water partition coefficient (Wildman–Crippen LogP) is 1.35. The van der Waals surface area contributed by atoms with Gasteiger partial charge in [0.1, 0.15) is 16.8 Å². The van der Waals surface area contributed by atoms with Crippen LogP contribution in [0.15, 0.2) is 21.0 Å². The molecule has 7 nitrogen and oxygen atoms in total. The van der Waals surface area contributed by atoms with Crippen molar-refractivity contribution in [3.05, 3.63) is 38.9 Å². The second-order valence-electron chi connectivity index (χ2n) is 4.29. The van der Waals surface area contributed by atoms with Crippen LogP contribution in [0.3, 0.4) is 0 Å². The van der Waals surface area contributed by atoms with Gasteiger partial charge >= 0.3 is 0 Å². The Hall–Kier alpha value is -2.24. The average molecular weight is 303 g/mol. The largest absolute Gasteiger partial charge is 0.380 e. The lowest BCUT2D eigenvalue weighted by molar-refractivity contribution is 0.184. The van der Waals surface area contributed by atoms with Gasteiger partial charge in [0.15, 0.2) is 5.16 Å². The number of aryl methyl sites for hydroxylation is 2. The highest BCUT2D eigenvalue weighted by Gasteiger charge is 2.14. The summed E-state index contributed by atoms with van der Waals surface area (Å²) in [6.07, 6.45) is 0. The average Bonchev–Trinajstić information content (AvgIpc) is 2.43. The number of methoxy groups -OCH3 is 1. The van der Waals surface area contributed by atoms with Crippen LogP contribution in [-0.4, -0.2) is 27.3 Å². The maximum absolute atomic E-state index is 11.5. The number of aromatic amines is 1. The van der Waals surface area contributed by atoms with E-state index in [1.165, 1.54) is 0 Å². The number of H-pyrrole nitrogens is 1. The first-order chi connectivity index (χ1) is 10.0. The van der Waals surface area contributed by atoms with Gasteiger partial charge in [-0.05, 0) is 31.7 Å². The third-order valence-electron chi connectivity index (χ3n) is 2.64. The molecular formula is C13H13N5O2S. The van der Waals surface area contributed by atoms with Crippen molar-refractivity contribution in [3.8, 4) is 6.07 Å². The maximum atomic E-state index is 11.5. The molecule has 0 aromatic carbocycles. The third kappa shape index (κ3) is 3.45. The molecule has 0 spiro atoms. The van der Waals surface area contributed by atoms with E-state index in [-0.39, 0.29) is 11.3 Å². The van der Waals surface area contributed by atoms with E-state index in [4.69, 9.17) is 4.74 Å². The Morgan fingerprint density at radius 2 is 2.19 bits per heavy atom. The van der Waals surface area contributed by atoms with Gasteiger partial charge in [0.05, 0.1) is 12.2 Å². The van der Waals surface area contributed by atoms with Crippen LogP contribution in [-0.2, 0) is 11.3 Å². The minimum atomic E-state index is -0.309. The molecule has 8 heteroatoms. The summed E-state index contributed by atoms with van der Waals surface area (Å²) >= 11 is 1.10. The molecule has 0 fully saturated rings. The highest BCUT2D eigenvalue weighted by molar-refractivity contribution is 7.99. The number of aromatic nitrogens is 4. The topological polar surface area (TPSA) is 105 Å². The lowest BCUT2D eigenvalue weighted by Gasteiger charge is -2.08. The van der Waals surface area contributed by atoms with Crippen molar-refractivity contribution in [2.24, 2.45) is 0 Å². The van der Waals surface area contributed by atoms with Crippen LogP contribution < -0.4 is 5.56 Å². The summed E-state index contributed by atoms with van der Waals surface area (Å²) in [6, 6.07) is 3.92. The van der Waals surface area contributed by atoms with Crippen LogP contribution >= 0.6 is 11.8 Å². The van der Waals surface area contributed by atoms with E-state index in [0.717, 1.165) is 23.0 Å². The van der Waals surface area contributed by atoms with Crippen LogP contribution in [0.1, 0.15) is 22.5 Å². The molecule has 0 unspecified atom stereocenters. The van der Waals surface area contributed by atoms with E-state index in [1.807, 2.05) is 6.92 Å². The zero-order valence-electron chi connectivity index (χ0n) is 11.8. The molecule has 2 aromatic rings. The Balaban J connectivity index is 2.45. The molecule has 0 aliphatic carbocycles. The highest BCUT2D eigenvalue weighted by atomic mass is 32.2. The number of nitrogens with one attached hydrogen (secondary N) is 1. The molecule has 0 saturated carbocycles. The van der Waals surface area contributed by atoms with E-state index in [0.29, 0.717) is 22.4 Å². The van der Waals surface area contributed by atoms with Crippen LogP contribution in [0.25, 0.3) is 0 Å². The number of ether oxygens (including phenoxy) is 1. The number of pyridine rings is 1. The van der Waals surface area contributed by atoms with E-state index < -0.39 is 0 Å². The molecule has 2 rings (SSSR count). The Labute approximate surface area is 125 Å². The van der Waals surface area contributed by atoms with Gasteiger partial charge in [-0.3, -0.25) is 9.78 Å². The second-order valence-corrected chi connectivity index (χ2v) is 5.27. The van der Waals surface area contributed by atoms with Gasteiger partial charge in [-0.2, -0.15) is 5.26 Å². The molecule has 0 aliphatic heterocycles. The molecule has 0 bridgehead atoms. The third-order valence-corrected chi connectivity index (χ3v) is 3.51. The first-order valence-corrected chi connectivity index (χ1v) is 6.87. The molecular weight excluding hydrogens is 290 g/mol. The van der Waals surface area contributed by atoms with Gasteiger partial charge in [-0.15, -0.1) is 10.2 Å². The van der Waals surface area contributed by atoms with Crippen molar-refractivity contribution in [1.82, 2.24) is 20.2 Å². The summed E-state index contributed by atoms with van der Waals surface area (Å²) < 4.78 is 5.09. The van der Waals surface area contributed by atoms with E-state index in [1.54, 1.807) is 20.1 Å². The Morgan fingerprint density at radius 1 is 1.43 bits per heavy atom. The number of hydrogen-bond donors (Lipinski definition) is 1. The molecule has 0 aliphatic rings. The summed E-state index contributed by atoms with van der Waals surface area (Å²) in [7, 11) is 1.56. The van der Waals surface area contributed by atoms with Crippen molar-refractivity contribution in [2.75, 3.05) is 7.11 Å². The first-order valence-electron chi connectivity index (χ1n) is 6.06. The number of nitrogens with zero attached hydrogens (tertiary/aromatic N) is 4. The number of rotatable bonds is 4. The smallest absolute Gasteiger partial charge is 0.273 e. The first kappa shape index (κ1) is 15.2. The van der Waals surface area contributed by atoms with Gasteiger partial charge in [0.2, 0.25) is 0 Å². The zero-order chi connectivity index (χ0) is 15.4. The van der Waals surface area contributed by atoms with E-state index in [2.05, 4.69) is 26.2 Å². The quantitative estimate of drug-likeness (QED) is 0.908. The SMILES string of the molecule is COCc1cc(C)nc(Sc2nnc(C)c(=O)[nH]2)c1C#N. The number of nitriles is 1. The Kier molecular flexibility index (Phi) is 4.67. The summed E-state index contributed by atoms with van der Waals surface area (Å²) in [5.74, 6) is 0.